The molecule has 1 aromatic heterocycles. The summed E-state index contributed by atoms with van der Waals surface area (Å²) < 4.78 is 2.44. The average molecular weight is 824 g/mol. The van der Waals surface area contributed by atoms with Crippen LogP contribution >= 0.6 is 17.8 Å². The lowest BCUT2D eigenvalue weighted by atomic mass is 10.1. The first-order valence-electron chi connectivity index (χ1n) is 20.1. The monoisotopic (exact) mass is 823 g/mol. The lowest BCUT2D eigenvalue weighted by Crippen LogP contribution is -2.30. The van der Waals surface area contributed by atoms with Crippen LogP contribution in [0.15, 0.2) is 240 Å². The van der Waals surface area contributed by atoms with Crippen molar-refractivity contribution in [2.75, 3.05) is 9.80 Å². The highest BCUT2D eigenvalue weighted by atomic mass is 32.4. The zero-order chi connectivity index (χ0) is 40.0. The minimum absolute atomic E-state index is 1.09. The topological polar surface area (TPSA) is 11.4 Å². The Morgan fingerprint density at radius 1 is 0.367 bits per heavy atom. The van der Waals surface area contributed by atoms with Gasteiger partial charge in [-0.25, -0.2) is 0 Å². The number of nitrogens with zero attached hydrogens (tertiary/aromatic N) is 3. The van der Waals surface area contributed by atoms with E-state index in [0.717, 1.165) is 50.8 Å². The van der Waals surface area contributed by atoms with Gasteiger partial charge in [-0.1, -0.05) is 145 Å². The summed E-state index contributed by atoms with van der Waals surface area (Å²) in [4.78, 5) is 7.15. The van der Waals surface area contributed by atoms with E-state index in [9.17, 15) is 0 Å². The van der Waals surface area contributed by atoms with Gasteiger partial charge in [-0.3, -0.25) is 0 Å². The Morgan fingerprint density at radius 3 is 1.27 bits per heavy atom. The van der Waals surface area contributed by atoms with Gasteiger partial charge in [0, 0.05) is 77.0 Å². The van der Waals surface area contributed by atoms with Crippen LogP contribution in [0.2, 0.25) is 0 Å². The summed E-state index contributed by atoms with van der Waals surface area (Å²) >= 11 is 8.69. The molecule has 0 N–H and O–H groups in total. The van der Waals surface area contributed by atoms with Gasteiger partial charge in [0.1, 0.15) is 0 Å². The van der Waals surface area contributed by atoms with Crippen molar-refractivity contribution >= 4 is 101 Å². The minimum atomic E-state index is -2.30. The highest BCUT2D eigenvalue weighted by Crippen LogP contribution is 2.53. The number of hydrogen-bond donors (Lipinski definition) is 0. The van der Waals surface area contributed by atoms with Crippen LogP contribution in [0, 0.1) is 0 Å². The summed E-state index contributed by atoms with van der Waals surface area (Å²) in [7, 11) is 0. The van der Waals surface area contributed by atoms with E-state index >= 15 is 0 Å². The number of fused-ring (bicyclic) bond motifs is 5. The van der Waals surface area contributed by atoms with Crippen LogP contribution < -0.4 is 25.7 Å². The molecule has 0 amide bonds. The Morgan fingerprint density at radius 2 is 0.783 bits per heavy atom. The Kier molecular flexibility index (Phi) is 9.24. The Labute approximate surface area is 359 Å². The lowest BCUT2D eigenvalue weighted by Gasteiger charge is -2.32. The van der Waals surface area contributed by atoms with E-state index in [1.807, 2.05) is 11.8 Å². The number of aromatic nitrogens is 1. The fraction of sp³-hybridized carbons (Fsp3) is 0. The molecule has 1 aliphatic heterocycles. The summed E-state index contributed by atoms with van der Waals surface area (Å²) in [5.74, 6) is 0. The summed E-state index contributed by atoms with van der Waals surface area (Å²) in [6.45, 7) is 0. The van der Waals surface area contributed by atoms with Gasteiger partial charge in [0.05, 0.1) is 11.0 Å². The maximum atomic E-state index is 6.85. The first-order valence-corrected chi connectivity index (χ1v) is 23.7. The maximum Gasteiger partial charge on any atom is 0.0542 e. The molecule has 3 nitrogen and oxygen atoms in total. The molecule has 6 heteroatoms. The Hall–Kier alpha value is -6.62. The molecule has 1 atom stereocenters. The summed E-state index contributed by atoms with van der Waals surface area (Å²) in [6.07, 6.45) is 0. The van der Waals surface area contributed by atoms with Gasteiger partial charge >= 0.3 is 0 Å². The molecule has 60 heavy (non-hydrogen) atoms. The standard InChI is InChI=1S/C54H38N3PS2/c59-58(46-26-14-5-15-27-46)51-28-16-17-29-53(51)60-54-38-45(32-35-52(54)58)57-49-33-30-43(55(39-18-6-1-7-19-39)40-20-8-2-9-21-40)36-47(49)48-37-44(31-34-50(48)57)56(41-22-10-3-11-23-41)42-24-12-4-13-25-42/h1-38H. The minimum Gasteiger partial charge on any atom is -0.310 e. The van der Waals surface area contributed by atoms with E-state index in [1.165, 1.54) is 36.5 Å². The van der Waals surface area contributed by atoms with Crippen LogP contribution in [-0.4, -0.2) is 4.57 Å². The Bertz CT molecular complexity index is 2990. The van der Waals surface area contributed by atoms with Crippen LogP contribution in [0.4, 0.5) is 34.1 Å². The molecule has 11 rings (SSSR count). The first kappa shape index (κ1) is 36.5. The SMILES string of the molecule is S=P1(c2ccccc2)c2ccccc2Sc2cc(-n3c4ccc(N(c5ccccc5)c5ccccc5)cc4c4cc(N(c5ccccc5)c5ccccc5)ccc43)ccc21. The smallest absolute Gasteiger partial charge is 0.0542 e. The zero-order valence-corrected chi connectivity index (χ0v) is 35.1. The quantitative estimate of drug-likeness (QED) is 0.141. The fourth-order valence-corrected chi connectivity index (χ4v) is 15.1. The van der Waals surface area contributed by atoms with Gasteiger partial charge in [-0.2, -0.15) is 0 Å². The van der Waals surface area contributed by atoms with Crippen molar-refractivity contribution < 1.29 is 0 Å². The van der Waals surface area contributed by atoms with Crippen LogP contribution in [0.25, 0.3) is 27.5 Å². The highest BCUT2D eigenvalue weighted by molar-refractivity contribution is 8.26. The largest absolute Gasteiger partial charge is 0.310 e. The van der Waals surface area contributed by atoms with E-state index in [0.29, 0.717) is 0 Å². The van der Waals surface area contributed by atoms with Gasteiger partial charge in [0.15, 0.2) is 0 Å². The molecule has 286 valence electrons. The van der Waals surface area contributed by atoms with E-state index in [-0.39, 0.29) is 0 Å². The predicted octanol–water partition coefficient (Wildman–Crippen LogP) is 13.9. The van der Waals surface area contributed by atoms with Crippen LogP contribution in [0.5, 0.6) is 0 Å². The van der Waals surface area contributed by atoms with Crippen LogP contribution in [0.3, 0.4) is 0 Å². The summed E-state index contributed by atoms with van der Waals surface area (Å²) in [5, 5.41) is 6.10. The first-order chi connectivity index (χ1) is 29.6. The Balaban J connectivity index is 1.15. The molecule has 0 saturated heterocycles. The molecule has 0 fully saturated rings. The predicted molar refractivity (Wildman–Crippen MR) is 260 cm³/mol. The van der Waals surface area contributed by atoms with Crippen molar-refractivity contribution in [3.05, 3.63) is 231 Å². The lowest BCUT2D eigenvalue weighted by molar-refractivity contribution is 1.16. The number of rotatable bonds is 8. The van der Waals surface area contributed by atoms with Crippen LogP contribution in [-0.2, 0) is 11.8 Å². The summed E-state index contributed by atoms with van der Waals surface area (Å²) in [5.41, 5.74) is 9.99. The normalized spacial score (nSPS) is 14.4. The van der Waals surface area contributed by atoms with E-state index < -0.39 is 6.04 Å². The molecule has 0 aliphatic carbocycles. The number of hydrogen-bond acceptors (Lipinski definition) is 4. The molecule has 9 aromatic carbocycles. The zero-order valence-electron chi connectivity index (χ0n) is 32.5. The second-order valence-electron chi connectivity index (χ2n) is 14.9. The molecule has 0 radical (unpaired) electrons. The number of anilines is 6. The molecular formula is C54H38N3PS2. The third kappa shape index (κ3) is 6.17. The number of benzene rings is 9. The van der Waals surface area contributed by atoms with E-state index in [4.69, 9.17) is 11.8 Å². The van der Waals surface area contributed by atoms with E-state index in [2.05, 4.69) is 245 Å². The number of para-hydroxylation sites is 4. The van der Waals surface area contributed by atoms with Crippen molar-refractivity contribution in [1.82, 2.24) is 4.57 Å². The average Bonchev–Trinajstić information content (AvgIpc) is 3.64. The highest BCUT2D eigenvalue weighted by Gasteiger charge is 2.34. The molecule has 0 saturated carbocycles. The second-order valence-corrected chi connectivity index (χ2v) is 20.3. The van der Waals surface area contributed by atoms with Crippen molar-refractivity contribution in [2.45, 2.75) is 9.79 Å². The molecule has 0 bridgehead atoms. The molecular weight excluding hydrogens is 786 g/mol. The molecule has 1 aliphatic rings. The third-order valence-electron chi connectivity index (χ3n) is 11.4. The second kappa shape index (κ2) is 15.2. The maximum absolute atomic E-state index is 6.85. The van der Waals surface area contributed by atoms with Gasteiger partial charge in [-0.05, 0) is 114 Å². The van der Waals surface area contributed by atoms with Gasteiger partial charge < -0.3 is 14.4 Å². The van der Waals surface area contributed by atoms with Crippen molar-refractivity contribution in [2.24, 2.45) is 0 Å². The molecule has 1 unspecified atom stereocenters. The molecule has 0 spiro atoms. The molecule has 10 aromatic rings. The third-order valence-corrected chi connectivity index (χ3v) is 17.8. The van der Waals surface area contributed by atoms with Crippen LogP contribution in [0.1, 0.15) is 0 Å². The fourth-order valence-electron chi connectivity index (χ4n) is 8.71. The molecule has 2 heterocycles. The van der Waals surface area contributed by atoms with Gasteiger partial charge in [0.25, 0.3) is 0 Å². The van der Waals surface area contributed by atoms with Crippen molar-refractivity contribution in [3.63, 3.8) is 0 Å². The van der Waals surface area contributed by atoms with E-state index in [1.54, 1.807) is 0 Å². The van der Waals surface area contributed by atoms with Crippen molar-refractivity contribution in [3.8, 4) is 5.69 Å². The van der Waals surface area contributed by atoms with Gasteiger partial charge in [0.2, 0.25) is 0 Å². The van der Waals surface area contributed by atoms with Gasteiger partial charge in [-0.15, -0.1) is 0 Å². The summed E-state index contributed by atoms with van der Waals surface area (Å²) in [6, 6.07) is 80.6. The van der Waals surface area contributed by atoms with Crippen molar-refractivity contribution in [1.29, 1.82) is 0 Å².